The highest BCUT2D eigenvalue weighted by Crippen LogP contribution is 2.29. The lowest BCUT2D eigenvalue weighted by Crippen LogP contribution is -2.43. The second-order valence-electron chi connectivity index (χ2n) is 9.96. The van der Waals surface area contributed by atoms with Gasteiger partial charge in [-0.3, -0.25) is 9.78 Å². The highest BCUT2D eigenvalue weighted by Gasteiger charge is 2.32. The van der Waals surface area contributed by atoms with Crippen LogP contribution in [0.3, 0.4) is 0 Å². The highest BCUT2D eigenvalue weighted by molar-refractivity contribution is 5.76. The van der Waals surface area contributed by atoms with Crippen LogP contribution in [-0.4, -0.2) is 65.5 Å². The number of halogens is 3. The number of nitrogens with one attached hydrogen (secondary N) is 2. The van der Waals surface area contributed by atoms with Gasteiger partial charge in [0, 0.05) is 62.3 Å². The van der Waals surface area contributed by atoms with Gasteiger partial charge in [-0.15, -0.1) is 0 Å². The summed E-state index contributed by atoms with van der Waals surface area (Å²) in [6.07, 6.45) is 1.75. The van der Waals surface area contributed by atoms with Gasteiger partial charge in [0.15, 0.2) is 0 Å². The summed E-state index contributed by atoms with van der Waals surface area (Å²) >= 11 is 0. The van der Waals surface area contributed by atoms with Gasteiger partial charge in [-0.05, 0) is 69.8 Å². The van der Waals surface area contributed by atoms with Gasteiger partial charge in [0.1, 0.15) is 5.69 Å². The first-order valence-corrected chi connectivity index (χ1v) is 12.9. The van der Waals surface area contributed by atoms with Crippen LogP contribution in [0.15, 0.2) is 42.6 Å². The van der Waals surface area contributed by atoms with E-state index in [1.165, 1.54) is 17.4 Å². The van der Waals surface area contributed by atoms with E-state index in [9.17, 15) is 18.0 Å². The number of alkyl halides is 3. The Morgan fingerprint density at radius 1 is 0.944 bits per heavy atom. The first-order valence-electron chi connectivity index (χ1n) is 12.9. The summed E-state index contributed by atoms with van der Waals surface area (Å²) in [6, 6.07) is 11.7. The number of hydrogen-bond donors (Lipinski definition) is 2. The number of piperidine rings is 2. The average Bonchev–Trinajstić information content (AvgIpc) is 2.86. The van der Waals surface area contributed by atoms with Crippen LogP contribution in [0.1, 0.15) is 49.8 Å². The summed E-state index contributed by atoms with van der Waals surface area (Å²) in [4.78, 5) is 20.4. The summed E-state index contributed by atoms with van der Waals surface area (Å²) in [5, 5.41) is 6.80. The van der Waals surface area contributed by atoms with Gasteiger partial charge in [-0.1, -0.05) is 17.7 Å². The molecule has 2 aromatic rings. The normalized spacial score (nSPS) is 18.3. The number of rotatable bonds is 8. The van der Waals surface area contributed by atoms with Crippen molar-refractivity contribution in [3.8, 4) is 0 Å². The smallest absolute Gasteiger partial charge is 0.382 e. The van der Waals surface area contributed by atoms with Gasteiger partial charge in [-0.25, -0.2) is 0 Å². The molecule has 2 aliphatic rings. The van der Waals surface area contributed by atoms with Crippen molar-refractivity contribution in [2.75, 3.05) is 43.4 Å². The molecule has 196 valence electrons. The molecule has 1 aromatic carbocycles. The lowest BCUT2D eigenvalue weighted by Gasteiger charge is -2.34. The first kappa shape index (κ1) is 26.3. The van der Waals surface area contributed by atoms with Crippen LogP contribution in [0.4, 0.5) is 24.5 Å². The molecule has 2 aliphatic heterocycles. The van der Waals surface area contributed by atoms with Crippen molar-refractivity contribution >= 4 is 17.3 Å². The second kappa shape index (κ2) is 12.0. The topological polar surface area (TPSA) is 60.5 Å². The van der Waals surface area contributed by atoms with Gasteiger partial charge in [-0.2, -0.15) is 13.2 Å². The molecular weight excluding hydrogens is 467 g/mol. The number of nitrogens with zero attached hydrogens (tertiary/aromatic N) is 3. The predicted molar refractivity (Wildman–Crippen MR) is 136 cm³/mol. The van der Waals surface area contributed by atoms with E-state index in [0.717, 1.165) is 57.8 Å². The Bertz CT molecular complexity index is 982. The molecule has 2 saturated heterocycles. The molecule has 0 radical (unpaired) electrons. The first-order chi connectivity index (χ1) is 17.3. The number of likely N-dealkylation sites (tertiary alicyclic amines) is 2. The fraction of sp³-hybridized carbons (Fsp3) is 0.556. The number of aryl methyl sites for hydroxylation is 1. The molecular formula is C27H36F3N5O. The molecule has 0 atom stereocenters. The Labute approximate surface area is 211 Å². The lowest BCUT2D eigenvalue weighted by atomic mass is 10.0. The molecule has 1 amide bonds. The Morgan fingerprint density at radius 3 is 2.19 bits per heavy atom. The Balaban J connectivity index is 1.11. The molecule has 9 heteroatoms. The average molecular weight is 504 g/mol. The summed E-state index contributed by atoms with van der Waals surface area (Å²) < 4.78 is 38.6. The van der Waals surface area contributed by atoms with Crippen molar-refractivity contribution in [3.63, 3.8) is 0 Å². The molecule has 0 aliphatic carbocycles. The van der Waals surface area contributed by atoms with Gasteiger partial charge >= 0.3 is 6.18 Å². The van der Waals surface area contributed by atoms with E-state index in [4.69, 9.17) is 0 Å². The van der Waals surface area contributed by atoms with Gasteiger partial charge in [0.25, 0.3) is 0 Å². The van der Waals surface area contributed by atoms with Crippen LogP contribution in [0.5, 0.6) is 0 Å². The molecule has 0 spiro atoms. The molecule has 0 saturated carbocycles. The van der Waals surface area contributed by atoms with Gasteiger partial charge < -0.3 is 20.4 Å². The zero-order chi connectivity index (χ0) is 25.5. The molecule has 2 fully saturated rings. The Hall–Kier alpha value is -2.81. The highest BCUT2D eigenvalue weighted by atomic mass is 19.4. The largest absolute Gasteiger partial charge is 0.433 e. The van der Waals surface area contributed by atoms with E-state index in [1.54, 1.807) is 6.07 Å². The molecule has 6 nitrogen and oxygen atoms in total. The number of amides is 1. The van der Waals surface area contributed by atoms with Gasteiger partial charge in [0.2, 0.25) is 5.91 Å². The fourth-order valence-corrected chi connectivity index (χ4v) is 4.98. The molecule has 3 heterocycles. The second-order valence-corrected chi connectivity index (χ2v) is 9.96. The minimum absolute atomic E-state index is 0.0485. The monoisotopic (exact) mass is 503 g/mol. The summed E-state index contributed by atoms with van der Waals surface area (Å²) in [7, 11) is 0. The molecule has 0 unspecified atom stereocenters. The third kappa shape index (κ3) is 7.59. The van der Waals surface area contributed by atoms with Crippen molar-refractivity contribution in [3.05, 3.63) is 53.9 Å². The molecule has 2 N–H and O–H groups in total. The minimum Gasteiger partial charge on any atom is -0.382 e. The maximum atomic E-state index is 12.9. The van der Waals surface area contributed by atoms with Crippen LogP contribution in [-0.2, 0) is 11.0 Å². The molecule has 1 aromatic heterocycles. The standard InChI is InChI=1S/C27H36F3N5O/c1-20-4-6-21(7-5-20)32-22-9-15-34(16-10-22)14-2-3-26(36)35-17-11-23(12-18-35)33-24-8-13-31-25(19-24)27(28,29)30/h4-8,13,19,22-23,32H,2-3,9-12,14-18H2,1H3,(H,31,33). The van der Waals surface area contributed by atoms with Crippen LogP contribution in [0, 0.1) is 6.92 Å². The Kier molecular flexibility index (Phi) is 8.72. The van der Waals surface area contributed by atoms with Crippen molar-refractivity contribution in [2.24, 2.45) is 0 Å². The summed E-state index contributed by atoms with van der Waals surface area (Å²) in [6.45, 7) is 6.37. The van der Waals surface area contributed by atoms with E-state index >= 15 is 0 Å². The van der Waals surface area contributed by atoms with Crippen LogP contribution in [0.25, 0.3) is 0 Å². The van der Waals surface area contributed by atoms with E-state index < -0.39 is 11.9 Å². The quantitative estimate of drug-likeness (QED) is 0.521. The van der Waals surface area contributed by atoms with Crippen molar-refractivity contribution in [1.29, 1.82) is 0 Å². The van der Waals surface area contributed by atoms with Crippen molar-refractivity contribution < 1.29 is 18.0 Å². The maximum Gasteiger partial charge on any atom is 0.433 e. The SMILES string of the molecule is Cc1ccc(NC2CCN(CCCC(=O)N3CCC(Nc4ccnc(C(F)(F)F)c4)CC3)CC2)cc1. The van der Waals surface area contributed by atoms with E-state index in [2.05, 4.69) is 51.7 Å². The van der Waals surface area contributed by atoms with Gasteiger partial charge in [0.05, 0.1) is 0 Å². The van der Waals surface area contributed by atoms with Crippen molar-refractivity contribution in [2.45, 2.75) is 63.7 Å². The number of pyridine rings is 1. The van der Waals surface area contributed by atoms with E-state index in [-0.39, 0.29) is 11.9 Å². The number of anilines is 2. The maximum absolute atomic E-state index is 12.9. The third-order valence-electron chi connectivity index (χ3n) is 7.14. The van der Waals surface area contributed by atoms with Crippen LogP contribution < -0.4 is 10.6 Å². The van der Waals surface area contributed by atoms with Crippen LogP contribution >= 0.6 is 0 Å². The van der Waals surface area contributed by atoms with E-state index in [0.29, 0.717) is 31.2 Å². The summed E-state index contributed by atoms with van der Waals surface area (Å²) in [5.41, 5.74) is 1.96. The van der Waals surface area contributed by atoms with E-state index in [1.807, 2.05) is 4.90 Å². The molecule has 4 rings (SSSR count). The fourth-order valence-electron chi connectivity index (χ4n) is 4.98. The van der Waals surface area contributed by atoms with Crippen LogP contribution in [0.2, 0.25) is 0 Å². The number of carbonyl (C=O) groups is 1. The number of benzene rings is 1. The minimum atomic E-state index is -4.46. The predicted octanol–water partition coefficient (Wildman–Crippen LogP) is 5.17. The number of carbonyl (C=O) groups excluding carboxylic acids is 1. The molecule has 0 bridgehead atoms. The third-order valence-corrected chi connectivity index (χ3v) is 7.14. The lowest BCUT2D eigenvalue weighted by molar-refractivity contribution is -0.141. The number of aromatic nitrogens is 1. The Morgan fingerprint density at radius 2 is 1.56 bits per heavy atom. The molecule has 36 heavy (non-hydrogen) atoms. The van der Waals surface area contributed by atoms with Crippen molar-refractivity contribution in [1.82, 2.24) is 14.8 Å². The number of hydrogen-bond acceptors (Lipinski definition) is 5. The zero-order valence-corrected chi connectivity index (χ0v) is 20.9. The summed E-state index contributed by atoms with van der Waals surface area (Å²) in [5.74, 6) is 0.174. The zero-order valence-electron chi connectivity index (χ0n) is 20.9.